The fraction of sp³-hybridized carbons (Fsp3) is 0.536. The van der Waals surface area contributed by atoms with Gasteiger partial charge < -0.3 is 26.6 Å². The van der Waals surface area contributed by atoms with Gasteiger partial charge in [0, 0.05) is 18.5 Å². The van der Waals surface area contributed by atoms with Gasteiger partial charge in [-0.25, -0.2) is 4.98 Å². The number of amides is 4. The van der Waals surface area contributed by atoms with E-state index in [9.17, 15) is 19.2 Å². The van der Waals surface area contributed by atoms with Crippen LogP contribution in [-0.4, -0.2) is 60.3 Å². The summed E-state index contributed by atoms with van der Waals surface area (Å²) >= 11 is 1.33. The summed E-state index contributed by atoms with van der Waals surface area (Å²) in [5.41, 5.74) is 1.33. The average Bonchev–Trinajstić information content (AvgIpc) is 3.45. The van der Waals surface area contributed by atoms with Gasteiger partial charge in [-0.15, -0.1) is 23.7 Å². The number of carbonyl (C=O) groups is 4. The maximum absolute atomic E-state index is 13.4. The quantitative estimate of drug-likeness (QED) is 0.362. The SMILES string of the molecule is CC[C@H]1NC(=O)[C@@H](NC(=O)[C@H]2CCCNC2)CCCCNC(=O)c2csc(n2)[C@H](Cc2ccccc2)NC1=O.Cl. The number of nitrogens with zero attached hydrogens (tertiary/aromatic N) is 1. The third-order valence-corrected chi connectivity index (χ3v) is 8.16. The zero-order valence-electron chi connectivity index (χ0n) is 22.7. The van der Waals surface area contributed by atoms with Crippen molar-refractivity contribution in [3.05, 3.63) is 52.0 Å². The van der Waals surface area contributed by atoms with Gasteiger partial charge in [-0.05, 0) is 57.1 Å². The fourth-order valence-electron chi connectivity index (χ4n) is 4.90. The number of aromatic nitrogens is 1. The molecular formula is C28H39ClN6O4S. The molecule has 10 nitrogen and oxygen atoms in total. The Morgan fingerprint density at radius 2 is 1.77 bits per heavy atom. The minimum atomic E-state index is -0.776. The number of benzene rings is 1. The monoisotopic (exact) mass is 590 g/mol. The molecule has 4 rings (SSSR count). The maximum atomic E-state index is 13.4. The molecule has 0 spiro atoms. The molecule has 1 saturated heterocycles. The number of rotatable bonds is 5. The molecule has 4 amide bonds. The predicted molar refractivity (Wildman–Crippen MR) is 156 cm³/mol. The highest BCUT2D eigenvalue weighted by Gasteiger charge is 2.30. The summed E-state index contributed by atoms with van der Waals surface area (Å²) < 4.78 is 0. The van der Waals surface area contributed by atoms with Crippen molar-refractivity contribution in [1.82, 2.24) is 31.6 Å². The molecule has 3 heterocycles. The summed E-state index contributed by atoms with van der Waals surface area (Å²) in [6.45, 7) is 3.75. The highest BCUT2D eigenvalue weighted by atomic mass is 35.5. The predicted octanol–water partition coefficient (Wildman–Crippen LogP) is 2.26. The molecule has 0 aliphatic carbocycles. The van der Waals surface area contributed by atoms with E-state index in [-0.39, 0.29) is 42.0 Å². The highest BCUT2D eigenvalue weighted by molar-refractivity contribution is 7.09. The third-order valence-electron chi connectivity index (χ3n) is 7.20. The molecule has 1 aromatic carbocycles. The van der Waals surface area contributed by atoms with Crippen LogP contribution in [0.3, 0.4) is 0 Å². The van der Waals surface area contributed by atoms with Crippen molar-refractivity contribution < 1.29 is 19.2 Å². The number of thiazole rings is 1. The molecule has 1 fully saturated rings. The number of fused-ring (bicyclic) bond motifs is 2. The Hall–Kier alpha value is -3.02. The molecule has 2 aromatic rings. The summed E-state index contributed by atoms with van der Waals surface area (Å²) in [5.74, 6) is -1.31. The van der Waals surface area contributed by atoms with E-state index < -0.39 is 18.1 Å². The molecule has 12 heteroatoms. The zero-order valence-corrected chi connectivity index (χ0v) is 24.4. The van der Waals surface area contributed by atoms with E-state index in [2.05, 4.69) is 31.6 Å². The van der Waals surface area contributed by atoms with Gasteiger partial charge in [-0.1, -0.05) is 37.3 Å². The first-order valence-electron chi connectivity index (χ1n) is 13.8. The lowest BCUT2D eigenvalue weighted by Gasteiger charge is -2.27. The van der Waals surface area contributed by atoms with E-state index in [1.165, 1.54) is 11.3 Å². The lowest BCUT2D eigenvalue weighted by atomic mass is 9.97. The van der Waals surface area contributed by atoms with E-state index in [0.29, 0.717) is 55.9 Å². The Bertz CT molecular complexity index is 1140. The second-order valence-corrected chi connectivity index (χ2v) is 11.0. The van der Waals surface area contributed by atoms with Crippen LogP contribution < -0.4 is 26.6 Å². The smallest absolute Gasteiger partial charge is 0.270 e. The Morgan fingerprint density at radius 1 is 1.00 bits per heavy atom. The number of nitrogens with one attached hydrogen (secondary N) is 5. The second-order valence-electron chi connectivity index (χ2n) is 10.1. The van der Waals surface area contributed by atoms with Crippen LogP contribution in [0.25, 0.3) is 0 Å². The van der Waals surface area contributed by atoms with Gasteiger partial charge in [0.25, 0.3) is 5.91 Å². The van der Waals surface area contributed by atoms with Gasteiger partial charge in [-0.3, -0.25) is 19.2 Å². The normalized spacial score (nSPS) is 24.6. The number of halogens is 1. The number of piperidine rings is 1. The van der Waals surface area contributed by atoms with Crippen molar-refractivity contribution in [3.63, 3.8) is 0 Å². The Kier molecular flexibility index (Phi) is 12.4. The van der Waals surface area contributed by atoms with Gasteiger partial charge >= 0.3 is 0 Å². The number of hydrogen-bond donors (Lipinski definition) is 5. The van der Waals surface area contributed by atoms with Crippen molar-refractivity contribution in [2.75, 3.05) is 19.6 Å². The number of carbonyl (C=O) groups excluding carboxylic acids is 4. The lowest BCUT2D eigenvalue weighted by molar-refractivity contribution is -0.133. The molecule has 5 N–H and O–H groups in total. The van der Waals surface area contributed by atoms with Crippen LogP contribution in [0.2, 0.25) is 0 Å². The van der Waals surface area contributed by atoms with Gasteiger partial charge in [0.15, 0.2) is 0 Å². The number of hydrogen-bond acceptors (Lipinski definition) is 7. The average molecular weight is 591 g/mol. The zero-order chi connectivity index (χ0) is 27.6. The molecule has 40 heavy (non-hydrogen) atoms. The van der Waals surface area contributed by atoms with Gasteiger partial charge in [0.05, 0.1) is 12.0 Å². The van der Waals surface area contributed by atoms with Crippen LogP contribution in [0, 0.1) is 5.92 Å². The minimum absolute atomic E-state index is 0. The van der Waals surface area contributed by atoms with Crippen LogP contribution in [0.4, 0.5) is 0 Å². The van der Waals surface area contributed by atoms with Gasteiger partial charge in [0.1, 0.15) is 22.8 Å². The van der Waals surface area contributed by atoms with Gasteiger partial charge in [-0.2, -0.15) is 0 Å². The van der Waals surface area contributed by atoms with Crippen molar-refractivity contribution in [2.24, 2.45) is 5.92 Å². The Balaban J connectivity index is 0.00000441. The second kappa shape index (κ2) is 15.7. The highest BCUT2D eigenvalue weighted by Crippen LogP contribution is 2.23. The van der Waals surface area contributed by atoms with Crippen molar-refractivity contribution in [1.29, 1.82) is 0 Å². The van der Waals surface area contributed by atoms with Crippen LogP contribution in [0.1, 0.15) is 72.6 Å². The standard InChI is InChI=1S/C28H38N6O4S.ClH/c1-2-20-26(37)33-22(15-18-9-4-3-5-10-18)28-34-23(17-39-28)25(36)30-14-7-6-12-21(27(38)31-20)32-24(35)19-11-8-13-29-16-19;/h3-5,9-10,17,19-22,29H,2,6-8,11-16H2,1H3,(H,30,36)(H,31,38)(H,32,35)(H,33,37);1H/t19-,20+,21-,22-;/m0./s1. The molecule has 0 saturated carbocycles. The summed E-state index contributed by atoms with van der Waals surface area (Å²) in [4.78, 5) is 57.0. The van der Waals surface area contributed by atoms with Crippen LogP contribution in [-0.2, 0) is 20.8 Å². The summed E-state index contributed by atoms with van der Waals surface area (Å²) in [5, 5.41) is 17.3. The van der Waals surface area contributed by atoms with Gasteiger partial charge in [0.2, 0.25) is 17.7 Å². The third kappa shape index (κ3) is 8.74. The molecule has 1 aromatic heterocycles. The molecule has 2 aliphatic heterocycles. The minimum Gasteiger partial charge on any atom is -0.351 e. The first kappa shape index (κ1) is 31.5. The first-order valence-corrected chi connectivity index (χ1v) is 14.7. The fourth-order valence-corrected chi connectivity index (χ4v) is 5.75. The van der Waals surface area contributed by atoms with Crippen LogP contribution in [0.15, 0.2) is 35.7 Å². The van der Waals surface area contributed by atoms with E-state index in [4.69, 9.17) is 0 Å². The maximum Gasteiger partial charge on any atom is 0.270 e. The summed E-state index contributed by atoms with van der Waals surface area (Å²) in [6.07, 6.45) is 4.22. The van der Waals surface area contributed by atoms with Crippen LogP contribution in [0.5, 0.6) is 0 Å². The summed E-state index contributed by atoms with van der Waals surface area (Å²) in [6, 6.07) is 7.72. The van der Waals surface area contributed by atoms with E-state index in [0.717, 1.165) is 24.9 Å². The van der Waals surface area contributed by atoms with E-state index in [1.807, 2.05) is 37.3 Å². The molecule has 218 valence electrons. The van der Waals surface area contributed by atoms with Crippen molar-refractivity contribution >= 4 is 47.4 Å². The lowest BCUT2D eigenvalue weighted by Crippen LogP contribution is -2.55. The molecule has 2 bridgehead atoms. The Morgan fingerprint density at radius 3 is 2.50 bits per heavy atom. The molecule has 4 atom stereocenters. The molecule has 0 unspecified atom stereocenters. The van der Waals surface area contributed by atoms with Crippen LogP contribution >= 0.6 is 23.7 Å². The first-order chi connectivity index (χ1) is 18.9. The van der Waals surface area contributed by atoms with Crippen molar-refractivity contribution in [2.45, 2.75) is 70.0 Å². The Labute approximate surface area is 245 Å². The van der Waals surface area contributed by atoms with E-state index in [1.54, 1.807) is 5.38 Å². The molecule has 0 radical (unpaired) electrons. The largest absolute Gasteiger partial charge is 0.351 e. The van der Waals surface area contributed by atoms with Crippen molar-refractivity contribution in [3.8, 4) is 0 Å². The molecular weight excluding hydrogens is 552 g/mol. The summed E-state index contributed by atoms with van der Waals surface area (Å²) in [7, 11) is 0. The topological polar surface area (TPSA) is 141 Å². The van der Waals surface area contributed by atoms with E-state index >= 15 is 0 Å². The molecule has 2 aliphatic rings.